The molecular formula is C62H97N3O30. The van der Waals surface area contributed by atoms with E-state index in [4.69, 9.17) is 80.6 Å². The van der Waals surface area contributed by atoms with Crippen LogP contribution in [0, 0.1) is 33.8 Å². The molecule has 0 spiro atoms. The molecule has 4 aliphatic heterocycles. The zero-order valence-corrected chi connectivity index (χ0v) is 56.9. The Kier molecular flexibility index (Phi) is 29.3. The zero-order chi connectivity index (χ0) is 71.2. The minimum Gasteiger partial charge on any atom is -0.469 e. The average Bonchev–Trinajstić information content (AvgIpc) is 0.783. The SMILES string of the molecule is CC[C@H]1OC(=O)[C@H](C)[C@@H](O[C@@H]2C[C@@](C)(OC)[C@@H](O)[C@H](C)O2)[C@H](C)[C@@H](O[C@@H]2O[C@H](C)C[C@H](N(C)C)[C@H]2OC(=O)OCc2ccc(O[C@@H]3O[C@H](CC(=O)OC)[C@H](OC(C)=O)[C@H](OC(C)=O)[C@H]3OC(C)=O)c([N+](=O)[O-])c2)[C@](C)(O)C[C@@H](C)/C(=N\OCOCCOC)[C@H](C)[C@@H](O)C1(O)O. The van der Waals surface area contributed by atoms with E-state index in [0.717, 1.165) is 40.0 Å². The van der Waals surface area contributed by atoms with Crippen LogP contribution in [0.25, 0.3) is 0 Å². The molecule has 540 valence electrons. The third-order valence-corrected chi connectivity index (χ3v) is 17.4. The number of hydrogen-bond donors (Lipinski definition) is 5. The molecule has 4 saturated heterocycles. The number of aliphatic hydroxyl groups excluding tert-OH is 2. The first-order valence-corrected chi connectivity index (χ1v) is 31.3. The molecular weight excluding hydrogens is 1270 g/mol. The van der Waals surface area contributed by atoms with Gasteiger partial charge in [-0.15, -0.1) is 0 Å². The van der Waals surface area contributed by atoms with Gasteiger partial charge >= 0.3 is 41.7 Å². The molecule has 0 bridgehead atoms. The smallest absolute Gasteiger partial charge is 0.469 e. The summed E-state index contributed by atoms with van der Waals surface area (Å²) in [5, 5.41) is 77.0. The third kappa shape index (κ3) is 20.8. The van der Waals surface area contributed by atoms with Gasteiger partial charge in [-0.3, -0.25) is 34.1 Å². The Morgan fingerprint density at radius 1 is 0.789 bits per heavy atom. The largest absolute Gasteiger partial charge is 0.509 e. The highest BCUT2D eigenvalue weighted by Crippen LogP contribution is 2.42. The molecule has 4 aliphatic rings. The van der Waals surface area contributed by atoms with Gasteiger partial charge in [0.1, 0.15) is 24.9 Å². The van der Waals surface area contributed by atoms with Crippen LogP contribution in [0.5, 0.6) is 5.75 Å². The maximum atomic E-state index is 14.7. The second-order valence-corrected chi connectivity index (χ2v) is 25.1. The molecule has 33 heteroatoms. The molecule has 0 saturated carbocycles. The van der Waals surface area contributed by atoms with Crippen molar-refractivity contribution in [3.05, 3.63) is 33.9 Å². The van der Waals surface area contributed by atoms with Crippen LogP contribution in [-0.2, 0) is 106 Å². The molecule has 0 radical (unpaired) electrons. The molecule has 0 amide bonds. The number of oxime groups is 1. The summed E-state index contributed by atoms with van der Waals surface area (Å²) in [6.07, 6.45) is -24.4. The number of carbonyl (C=O) groups excluding carboxylic acids is 6. The van der Waals surface area contributed by atoms with Crippen LogP contribution < -0.4 is 4.74 Å². The van der Waals surface area contributed by atoms with E-state index in [-0.39, 0.29) is 50.2 Å². The lowest BCUT2D eigenvalue weighted by molar-refractivity contribution is -0.387. The Balaban J connectivity index is 1.56. The summed E-state index contributed by atoms with van der Waals surface area (Å²) >= 11 is 0. The van der Waals surface area contributed by atoms with Gasteiger partial charge in [0.25, 0.3) is 0 Å². The minimum atomic E-state index is -3.10. The Bertz CT molecular complexity index is 2770. The Labute approximate surface area is 551 Å². The molecule has 22 atom stereocenters. The highest BCUT2D eigenvalue weighted by atomic mass is 16.8. The Hall–Kier alpha value is -6.05. The predicted molar refractivity (Wildman–Crippen MR) is 324 cm³/mol. The maximum absolute atomic E-state index is 14.7. The maximum Gasteiger partial charge on any atom is 0.509 e. The standard InChI is InChI=1S/C62H97N3O30/c1-18-44-62(75,76)53(70)32(4)47(63-84-29-82-22-21-79-15)30(2)26-60(11,74)55(33(5)48(34(6)56(72)92-44)93-46-27-61(12,81-17)54(71)35(7)86-46)95-57-49(41(64(13)14)23-31(3)85-57)94-59(73)83-28-39-19-20-42(40(24-39)65(77)78)90-58-52(89-38(10)68)51(88-37(9)67)50(87-36(8)66)43(91-58)25-45(69)80-16/h19-20,24,30-35,41,43-44,46,48-55,57-58,70-71,74-76H,18,21-23,25-29H2,1-17H3/b63-47+/t30-,31-,32+,33+,34-,35+,41+,43-,44-,46-,48+,49-,50+,51+,52-,53-,54+,55-,57+,58-,60-,61-/m1/s1. The van der Waals surface area contributed by atoms with E-state index in [0.29, 0.717) is 0 Å². The van der Waals surface area contributed by atoms with Crippen molar-refractivity contribution in [1.29, 1.82) is 0 Å². The lowest BCUT2D eigenvalue weighted by Gasteiger charge is -2.49. The van der Waals surface area contributed by atoms with Gasteiger partial charge in [-0.05, 0) is 79.6 Å². The average molecular weight is 1360 g/mol. The van der Waals surface area contributed by atoms with E-state index in [1.54, 1.807) is 53.6 Å². The normalized spacial score (nSPS) is 35.9. The molecule has 5 N–H and O–H groups in total. The topological polar surface area (TPSA) is 419 Å². The van der Waals surface area contributed by atoms with Gasteiger partial charge in [-0.1, -0.05) is 38.9 Å². The monoisotopic (exact) mass is 1360 g/mol. The van der Waals surface area contributed by atoms with E-state index >= 15 is 0 Å². The molecule has 0 aromatic heterocycles. The number of aliphatic hydroxyl groups is 5. The van der Waals surface area contributed by atoms with Gasteiger partial charge < -0.3 is 111 Å². The lowest BCUT2D eigenvalue weighted by atomic mass is 9.74. The summed E-state index contributed by atoms with van der Waals surface area (Å²) in [5.41, 5.74) is -4.10. The van der Waals surface area contributed by atoms with Crippen molar-refractivity contribution >= 4 is 47.4 Å². The van der Waals surface area contributed by atoms with Crippen molar-refractivity contribution in [3.63, 3.8) is 0 Å². The van der Waals surface area contributed by atoms with Crippen LogP contribution >= 0.6 is 0 Å². The summed E-state index contributed by atoms with van der Waals surface area (Å²) in [5.74, 6) is -13.1. The lowest BCUT2D eigenvalue weighted by Crippen LogP contribution is -2.63. The van der Waals surface area contributed by atoms with Gasteiger partial charge in [0, 0.05) is 65.2 Å². The van der Waals surface area contributed by atoms with Crippen LogP contribution in [-0.4, -0.2) is 248 Å². The Morgan fingerprint density at radius 2 is 1.43 bits per heavy atom. The molecule has 0 aliphatic carbocycles. The fourth-order valence-electron chi connectivity index (χ4n) is 12.4. The van der Waals surface area contributed by atoms with E-state index in [1.165, 1.54) is 48.0 Å². The van der Waals surface area contributed by atoms with Crippen LogP contribution in [0.4, 0.5) is 10.5 Å². The molecule has 5 rings (SSSR count). The summed E-state index contributed by atoms with van der Waals surface area (Å²) in [7, 11) is 7.36. The number of nitrogens with zero attached hydrogens (tertiary/aromatic N) is 3. The molecule has 1 aromatic rings. The highest BCUT2D eigenvalue weighted by molar-refractivity contribution is 5.88. The van der Waals surface area contributed by atoms with Crippen LogP contribution in [0.15, 0.2) is 23.4 Å². The molecule has 95 heavy (non-hydrogen) atoms. The second kappa shape index (κ2) is 34.9. The van der Waals surface area contributed by atoms with E-state index in [9.17, 15) is 64.4 Å². The van der Waals surface area contributed by atoms with Gasteiger partial charge in [-0.25, -0.2) is 4.79 Å². The van der Waals surface area contributed by atoms with E-state index in [1.807, 2.05) is 0 Å². The van der Waals surface area contributed by atoms with Crippen LogP contribution in [0.2, 0.25) is 0 Å². The van der Waals surface area contributed by atoms with E-state index < -0.39 is 211 Å². The minimum absolute atomic E-state index is 0.000566. The summed E-state index contributed by atoms with van der Waals surface area (Å²) < 4.78 is 93.4. The Morgan fingerprint density at radius 3 is 2.02 bits per heavy atom. The van der Waals surface area contributed by atoms with Gasteiger partial charge in [0.2, 0.25) is 25.0 Å². The highest BCUT2D eigenvalue weighted by Gasteiger charge is 2.57. The first-order chi connectivity index (χ1) is 44.4. The van der Waals surface area contributed by atoms with Gasteiger partial charge in [-0.2, -0.15) is 0 Å². The second-order valence-electron chi connectivity index (χ2n) is 25.1. The number of benzene rings is 1. The van der Waals surface area contributed by atoms with Crippen LogP contribution in [0.1, 0.15) is 121 Å². The number of ether oxygens (including phenoxy) is 16. The fourth-order valence-corrected chi connectivity index (χ4v) is 12.4. The first-order valence-electron chi connectivity index (χ1n) is 31.3. The number of nitro groups is 1. The zero-order valence-electron chi connectivity index (χ0n) is 56.9. The van der Waals surface area contributed by atoms with Gasteiger partial charge in [0.05, 0.1) is 85.0 Å². The predicted octanol–water partition coefficient (Wildman–Crippen LogP) is 2.87. The molecule has 4 fully saturated rings. The number of likely N-dealkylation sites (N-methyl/N-ethyl adjacent to an activating group) is 1. The molecule has 0 unspecified atom stereocenters. The number of methoxy groups -OCH3 is 3. The number of nitro benzene ring substituents is 1. The summed E-state index contributed by atoms with van der Waals surface area (Å²) in [6, 6.07) is 2.64. The molecule has 1 aromatic carbocycles. The number of cyclic esters (lactones) is 1. The van der Waals surface area contributed by atoms with Crippen LogP contribution in [0.3, 0.4) is 0 Å². The molecule has 4 heterocycles. The van der Waals surface area contributed by atoms with Gasteiger partial charge in [0.15, 0.2) is 42.7 Å². The van der Waals surface area contributed by atoms with Crippen molar-refractivity contribution < 1.29 is 140 Å². The number of rotatable bonds is 24. The third-order valence-electron chi connectivity index (χ3n) is 17.4. The quantitative estimate of drug-likeness (QED) is 0.0248. The van der Waals surface area contributed by atoms with Crippen molar-refractivity contribution in [2.24, 2.45) is 28.8 Å². The van der Waals surface area contributed by atoms with Crippen molar-refractivity contribution in [3.8, 4) is 5.75 Å². The summed E-state index contributed by atoms with van der Waals surface area (Å²) in [4.78, 5) is 97.9. The number of carbonyl (C=O) groups is 6. The fraction of sp³-hybridized carbons (Fsp3) is 0.790. The number of esters is 5. The van der Waals surface area contributed by atoms with E-state index in [2.05, 4.69) is 5.16 Å². The molecule has 33 nitrogen and oxygen atoms in total. The first kappa shape index (κ1) is 79.6. The summed E-state index contributed by atoms with van der Waals surface area (Å²) in [6.45, 7) is 16.3. The van der Waals surface area contributed by atoms with Crippen molar-refractivity contribution in [1.82, 2.24) is 4.90 Å². The van der Waals surface area contributed by atoms with Crippen molar-refractivity contribution in [2.75, 3.05) is 55.4 Å². The number of hydrogen-bond acceptors (Lipinski definition) is 32. The van der Waals surface area contributed by atoms with Crippen molar-refractivity contribution in [2.45, 2.75) is 237 Å².